The molecular formula is C30H41NO9S. The first-order valence-corrected chi connectivity index (χ1v) is 15.8. The van der Waals surface area contributed by atoms with Crippen molar-refractivity contribution in [2.45, 2.75) is 89.7 Å². The molecule has 41 heavy (non-hydrogen) atoms. The highest BCUT2D eigenvalue weighted by atomic mass is 32.2. The number of aliphatic hydroxyl groups is 1. The van der Waals surface area contributed by atoms with Crippen LogP contribution in [0.25, 0.3) is 0 Å². The van der Waals surface area contributed by atoms with Gasteiger partial charge < -0.3 is 20.3 Å². The molecule has 11 heteroatoms. The van der Waals surface area contributed by atoms with Crippen molar-refractivity contribution < 1.29 is 43.7 Å². The van der Waals surface area contributed by atoms with E-state index in [4.69, 9.17) is 4.74 Å². The minimum atomic E-state index is -1.82. The zero-order valence-corrected chi connectivity index (χ0v) is 24.8. The number of carbonyl (C=O) groups is 6. The first-order valence-electron chi connectivity index (χ1n) is 14.5. The van der Waals surface area contributed by atoms with Crippen LogP contribution in [-0.4, -0.2) is 75.7 Å². The number of Topliss-reactive ketones (excluding diaryl/α,β-unsaturated/α-hetero) is 2. The van der Waals surface area contributed by atoms with Crippen LogP contribution >= 0.6 is 11.8 Å². The Morgan fingerprint density at radius 2 is 1.85 bits per heavy atom. The Hall–Kier alpha value is -2.53. The van der Waals surface area contributed by atoms with Crippen LogP contribution in [0.5, 0.6) is 0 Å². The third-order valence-electron chi connectivity index (χ3n) is 10.4. The van der Waals surface area contributed by atoms with Crippen LogP contribution < -0.4 is 5.32 Å². The number of carbonyl (C=O) groups excluding carboxylic acids is 5. The summed E-state index contributed by atoms with van der Waals surface area (Å²) in [5, 5.41) is 23.4. The molecule has 3 fully saturated rings. The summed E-state index contributed by atoms with van der Waals surface area (Å²) < 4.78 is 5.13. The smallest absolute Gasteiger partial charge is 0.326 e. The summed E-state index contributed by atoms with van der Waals surface area (Å²) in [5.74, 6) is -2.83. The average molecular weight is 592 g/mol. The van der Waals surface area contributed by atoms with Crippen LogP contribution in [0.2, 0.25) is 0 Å². The van der Waals surface area contributed by atoms with Crippen molar-refractivity contribution in [2.75, 3.05) is 18.6 Å². The summed E-state index contributed by atoms with van der Waals surface area (Å²) in [7, 11) is 0. The molecule has 0 bridgehead atoms. The molecule has 0 aromatic heterocycles. The lowest BCUT2D eigenvalue weighted by molar-refractivity contribution is -0.173. The summed E-state index contributed by atoms with van der Waals surface area (Å²) >= 11 is 1.46. The van der Waals surface area contributed by atoms with Gasteiger partial charge in [0.1, 0.15) is 17.4 Å². The second-order valence-corrected chi connectivity index (χ2v) is 13.6. The first-order chi connectivity index (χ1) is 19.3. The van der Waals surface area contributed by atoms with Gasteiger partial charge in [-0.2, -0.15) is 11.8 Å². The number of carboxylic acids is 1. The standard InChI is InChI=1S/C30H41NO9S/c1-28-11-8-18(32)14-17(28)4-5-19-20-9-12-30(39,29(20,2)15-22(33)26(19)28)23(34)16-40-25(36)7-6-24(35)31-21(27(37)38)10-13-41-3/h14,19-21,26,39H,4-13,15-16H2,1-3H3,(H,31,35)(H,37,38)/t19-,20+,21-,26-,28-,29-,30-/m0/s1. The Kier molecular flexibility index (Phi) is 9.18. The van der Waals surface area contributed by atoms with Gasteiger partial charge in [-0.1, -0.05) is 19.4 Å². The van der Waals surface area contributed by atoms with E-state index in [1.165, 1.54) is 11.8 Å². The zero-order valence-electron chi connectivity index (χ0n) is 24.0. The molecule has 10 nitrogen and oxygen atoms in total. The summed E-state index contributed by atoms with van der Waals surface area (Å²) in [6.07, 6.45) is 6.49. The number of thioether (sulfide) groups is 1. The molecule has 7 atom stereocenters. The lowest BCUT2D eigenvalue weighted by atomic mass is 9.46. The predicted molar refractivity (Wildman–Crippen MR) is 150 cm³/mol. The quantitative estimate of drug-likeness (QED) is 0.304. The number of rotatable bonds is 11. The van der Waals surface area contributed by atoms with E-state index < -0.39 is 47.3 Å². The van der Waals surface area contributed by atoms with Crippen LogP contribution in [0, 0.1) is 28.6 Å². The van der Waals surface area contributed by atoms with E-state index in [2.05, 4.69) is 12.2 Å². The molecule has 0 saturated heterocycles. The van der Waals surface area contributed by atoms with Gasteiger partial charge in [0, 0.05) is 30.6 Å². The maximum absolute atomic E-state index is 13.7. The van der Waals surface area contributed by atoms with E-state index in [1.807, 2.05) is 6.26 Å². The second-order valence-electron chi connectivity index (χ2n) is 12.6. The topological polar surface area (TPSA) is 164 Å². The lowest BCUT2D eigenvalue weighted by Gasteiger charge is -2.57. The first kappa shape index (κ1) is 31.4. The molecule has 226 valence electrons. The van der Waals surface area contributed by atoms with Crippen molar-refractivity contribution in [1.29, 1.82) is 0 Å². The lowest BCUT2D eigenvalue weighted by Crippen LogP contribution is -2.61. The van der Waals surface area contributed by atoms with Gasteiger partial charge in [-0.3, -0.25) is 24.0 Å². The third-order valence-corrected chi connectivity index (χ3v) is 11.1. The normalized spacial score (nSPS) is 34.9. The molecule has 4 rings (SSSR count). The molecule has 0 heterocycles. The number of esters is 1. The largest absolute Gasteiger partial charge is 0.480 e. The number of ether oxygens (including phenoxy) is 1. The number of fused-ring (bicyclic) bond motifs is 5. The molecule has 0 spiro atoms. The van der Waals surface area contributed by atoms with Crippen LogP contribution in [0.3, 0.4) is 0 Å². The Bertz CT molecular complexity index is 1170. The molecule has 1 amide bonds. The fraction of sp³-hybridized carbons (Fsp3) is 0.733. The van der Waals surface area contributed by atoms with E-state index in [1.54, 1.807) is 13.0 Å². The van der Waals surface area contributed by atoms with Gasteiger partial charge in [0.15, 0.2) is 12.4 Å². The van der Waals surface area contributed by atoms with E-state index in [0.717, 1.165) is 18.4 Å². The summed E-state index contributed by atoms with van der Waals surface area (Å²) in [6, 6.07) is -1.05. The van der Waals surface area contributed by atoms with Gasteiger partial charge in [-0.05, 0) is 73.9 Å². The van der Waals surface area contributed by atoms with Gasteiger partial charge in [-0.15, -0.1) is 0 Å². The summed E-state index contributed by atoms with van der Waals surface area (Å²) in [6.45, 7) is 3.22. The highest BCUT2D eigenvalue weighted by molar-refractivity contribution is 7.98. The van der Waals surface area contributed by atoms with Crippen molar-refractivity contribution in [3.63, 3.8) is 0 Å². The zero-order chi connectivity index (χ0) is 30.2. The monoisotopic (exact) mass is 591 g/mol. The Morgan fingerprint density at radius 1 is 1.12 bits per heavy atom. The van der Waals surface area contributed by atoms with Crippen molar-refractivity contribution in [3.05, 3.63) is 11.6 Å². The minimum absolute atomic E-state index is 0.00466. The Labute approximate surface area is 244 Å². The molecule has 0 aliphatic heterocycles. The van der Waals surface area contributed by atoms with E-state index in [-0.39, 0.29) is 66.8 Å². The highest BCUT2D eigenvalue weighted by Crippen LogP contribution is 2.66. The van der Waals surface area contributed by atoms with Crippen molar-refractivity contribution >= 4 is 47.0 Å². The molecule has 3 N–H and O–H groups in total. The average Bonchev–Trinajstić information content (AvgIpc) is 3.19. The number of nitrogens with one attached hydrogen (secondary N) is 1. The minimum Gasteiger partial charge on any atom is -0.480 e. The number of carboxylic acid groups (broad SMARTS) is 1. The van der Waals surface area contributed by atoms with Gasteiger partial charge in [0.2, 0.25) is 11.7 Å². The van der Waals surface area contributed by atoms with Gasteiger partial charge in [0.05, 0.1) is 6.42 Å². The van der Waals surface area contributed by atoms with Crippen LogP contribution in [0.1, 0.15) is 78.1 Å². The van der Waals surface area contributed by atoms with Crippen LogP contribution in [0.15, 0.2) is 11.6 Å². The van der Waals surface area contributed by atoms with Crippen molar-refractivity contribution in [2.24, 2.45) is 28.6 Å². The Balaban J connectivity index is 1.36. The molecular weight excluding hydrogens is 550 g/mol. The fourth-order valence-corrected chi connectivity index (χ4v) is 8.63. The molecule has 0 radical (unpaired) electrons. The summed E-state index contributed by atoms with van der Waals surface area (Å²) in [5.41, 5.74) is -2.13. The molecule has 4 aliphatic rings. The van der Waals surface area contributed by atoms with Gasteiger partial charge >= 0.3 is 11.9 Å². The maximum Gasteiger partial charge on any atom is 0.326 e. The van der Waals surface area contributed by atoms with Gasteiger partial charge in [-0.25, -0.2) is 4.79 Å². The number of amides is 1. The van der Waals surface area contributed by atoms with Crippen molar-refractivity contribution in [3.8, 4) is 0 Å². The number of aliphatic carboxylic acids is 1. The Morgan fingerprint density at radius 3 is 2.54 bits per heavy atom. The number of allylic oxidation sites excluding steroid dienone is 1. The molecule has 4 aliphatic carbocycles. The number of ketones is 3. The predicted octanol–water partition coefficient (Wildman–Crippen LogP) is 2.64. The molecule has 0 aromatic rings. The van der Waals surface area contributed by atoms with E-state index in [0.29, 0.717) is 25.0 Å². The molecule has 3 saturated carbocycles. The van der Waals surface area contributed by atoms with Gasteiger partial charge in [0.25, 0.3) is 0 Å². The second kappa shape index (κ2) is 12.0. The molecule has 0 aromatic carbocycles. The molecule has 0 unspecified atom stereocenters. The summed E-state index contributed by atoms with van der Waals surface area (Å²) in [4.78, 5) is 74.9. The maximum atomic E-state index is 13.7. The van der Waals surface area contributed by atoms with E-state index >= 15 is 0 Å². The highest BCUT2D eigenvalue weighted by Gasteiger charge is 2.68. The number of hydrogen-bond donors (Lipinski definition) is 3. The third kappa shape index (κ3) is 5.76. The van der Waals surface area contributed by atoms with E-state index in [9.17, 15) is 39.0 Å². The fourth-order valence-electron chi connectivity index (χ4n) is 8.16. The van der Waals surface area contributed by atoms with Crippen LogP contribution in [0.4, 0.5) is 0 Å². The SMILES string of the molecule is CSCC[C@H](NC(=O)CCC(=O)OCC(=O)[C@@]1(O)CC[C@@H]2[C@@H]3CCC4=CC(=O)CC[C@]4(C)[C@@H]3C(=O)C[C@@]21C)C(=O)O. The number of hydrogen-bond acceptors (Lipinski definition) is 9. The van der Waals surface area contributed by atoms with Crippen LogP contribution in [-0.2, 0) is 33.5 Å². The van der Waals surface area contributed by atoms with Crippen molar-refractivity contribution in [1.82, 2.24) is 5.32 Å².